The fourth-order valence-electron chi connectivity index (χ4n) is 3.20. The Labute approximate surface area is 225 Å². The third-order valence-electron chi connectivity index (χ3n) is 4.97. The zero-order valence-electron chi connectivity index (χ0n) is 24.6. The van der Waals surface area contributed by atoms with E-state index in [4.69, 9.17) is 15.2 Å². The molecule has 0 spiro atoms. The van der Waals surface area contributed by atoms with Gasteiger partial charge in [-0.3, -0.25) is 9.59 Å². The van der Waals surface area contributed by atoms with E-state index in [0.29, 0.717) is 19.4 Å². The minimum Gasteiger partial charge on any atom is -0.444 e. The molecule has 4 N–H and O–H groups in total. The van der Waals surface area contributed by atoms with Gasteiger partial charge in [0.1, 0.15) is 5.60 Å². The van der Waals surface area contributed by atoms with Crippen molar-refractivity contribution < 1.29 is 23.9 Å². The molecule has 3 amide bonds. The summed E-state index contributed by atoms with van der Waals surface area (Å²) in [5.74, 6) is -0.319. The fourth-order valence-corrected chi connectivity index (χ4v) is 3.20. The molecule has 0 aliphatic heterocycles. The minimum absolute atomic E-state index is 0.104. The number of unbranched alkanes of at least 4 members (excludes halogenated alkanes) is 3. The molecule has 1 aromatic rings. The molecule has 1 rings (SSSR count). The molecule has 37 heavy (non-hydrogen) atoms. The number of benzene rings is 1. The number of aryl methyl sites for hydroxylation is 1. The van der Waals surface area contributed by atoms with E-state index in [0.717, 1.165) is 37.7 Å². The van der Waals surface area contributed by atoms with Crippen LogP contribution in [0.25, 0.3) is 0 Å². The van der Waals surface area contributed by atoms with Gasteiger partial charge in [-0.2, -0.15) is 0 Å². The molecule has 0 heterocycles. The van der Waals surface area contributed by atoms with E-state index >= 15 is 0 Å². The standard InChI is InChI=1S/C25H41N3O5.2C2H6/c1-25(2,3)33-24(31)28-21(15-16-22(26)29)18-32-17-20-13-11-19(12-14-20)9-7-5-6-8-10-23(30)27-4;2*1-2/h11-14,21H,5-10,15-18H2,1-4H3,(H2,26,29)(H,27,30)(H,28,31);2*1-2H3. The summed E-state index contributed by atoms with van der Waals surface area (Å²) in [4.78, 5) is 34.4. The molecular weight excluding hydrogens is 470 g/mol. The summed E-state index contributed by atoms with van der Waals surface area (Å²) >= 11 is 0. The molecule has 1 atom stereocenters. The maximum absolute atomic E-state index is 12.0. The second kappa shape index (κ2) is 22.6. The van der Waals surface area contributed by atoms with Gasteiger partial charge in [-0.15, -0.1) is 0 Å². The highest BCUT2D eigenvalue weighted by Gasteiger charge is 2.20. The molecule has 8 nitrogen and oxygen atoms in total. The lowest BCUT2D eigenvalue weighted by Gasteiger charge is -2.23. The lowest BCUT2D eigenvalue weighted by Crippen LogP contribution is -2.42. The summed E-state index contributed by atoms with van der Waals surface area (Å²) in [6.07, 6.45) is 5.81. The van der Waals surface area contributed by atoms with Crippen LogP contribution in [0.2, 0.25) is 0 Å². The molecule has 0 aliphatic carbocycles. The fraction of sp³-hybridized carbons (Fsp3) is 0.690. The first kappa shape index (κ1) is 36.5. The van der Waals surface area contributed by atoms with Crippen molar-refractivity contribution in [2.24, 2.45) is 5.73 Å². The van der Waals surface area contributed by atoms with E-state index in [9.17, 15) is 14.4 Å². The van der Waals surface area contributed by atoms with Gasteiger partial charge in [0, 0.05) is 19.9 Å². The second-order valence-corrected chi connectivity index (χ2v) is 9.27. The number of primary amides is 1. The number of nitrogens with two attached hydrogens (primary N) is 1. The van der Waals surface area contributed by atoms with Crippen molar-refractivity contribution in [3.05, 3.63) is 35.4 Å². The number of amides is 3. The molecule has 0 fully saturated rings. The number of ether oxygens (including phenoxy) is 2. The molecule has 1 aromatic carbocycles. The zero-order chi connectivity index (χ0) is 28.7. The van der Waals surface area contributed by atoms with E-state index in [1.165, 1.54) is 5.56 Å². The van der Waals surface area contributed by atoms with Crippen LogP contribution in [-0.2, 0) is 32.1 Å². The largest absolute Gasteiger partial charge is 0.444 e. The summed E-state index contributed by atoms with van der Waals surface area (Å²) in [6, 6.07) is 7.93. The Balaban J connectivity index is 0. The third kappa shape index (κ3) is 22.3. The van der Waals surface area contributed by atoms with Crippen LogP contribution in [0.1, 0.15) is 105 Å². The number of hydrogen-bond acceptors (Lipinski definition) is 5. The highest BCUT2D eigenvalue weighted by Crippen LogP contribution is 2.12. The number of carbonyl (C=O) groups is 3. The monoisotopic (exact) mass is 523 g/mol. The highest BCUT2D eigenvalue weighted by atomic mass is 16.6. The first-order valence-corrected chi connectivity index (χ1v) is 13.7. The Morgan fingerprint density at radius 1 is 0.892 bits per heavy atom. The van der Waals surface area contributed by atoms with Crippen LogP contribution in [0.3, 0.4) is 0 Å². The van der Waals surface area contributed by atoms with Crippen molar-refractivity contribution in [3.63, 3.8) is 0 Å². The average Bonchev–Trinajstić information content (AvgIpc) is 2.86. The minimum atomic E-state index is -0.605. The van der Waals surface area contributed by atoms with Crippen molar-refractivity contribution in [2.75, 3.05) is 13.7 Å². The van der Waals surface area contributed by atoms with Gasteiger partial charge in [0.15, 0.2) is 0 Å². The van der Waals surface area contributed by atoms with Gasteiger partial charge in [0.2, 0.25) is 11.8 Å². The summed E-state index contributed by atoms with van der Waals surface area (Å²) in [6.45, 7) is 14.0. The SMILES string of the molecule is CC.CC.CNC(=O)CCCCCCc1ccc(COCC(CCC(N)=O)NC(=O)OC(C)(C)C)cc1. The number of rotatable bonds is 15. The van der Waals surface area contributed by atoms with E-state index < -0.39 is 17.6 Å². The summed E-state index contributed by atoms with van der Waals surface area (Å²) in [5.41, 5.74) is 6.95. The van der Waals surface area contributed by atoms with Crippen LogP contribution < -0.4 is 16.4 Å². The number of nitrogens with one attached hydrogen (secondary N) is 2. The van der Waals surface area contributed by atoms with E-state index in [1.807, 2.05) is 39.8 Å². The average molecular weight is 524 g/mol. The first-order valence-electron chi connectivity index (χ1n) is 13.7. The van der Waals surface area contributed by atoms with Gasteiger partial charge in [-0.05, 0) is 57.6 Å². The molecule has 0 saturated carbocycles. The van der Waals surface area contributed by atoms with E-state index in [1.54, 1.807) is 27.8 Å². The Bertz CT molecular complexity index is 730. The summed E-state index contributed by atoms with van der Waals surface area (Å²) < 4.78 is 11.1. The smallest absolute Gasteiger partial charge is 0.407 e. The Morgan fingerprint density at radius 3 is 2.00 bits per heavy atom. The van der Waals surface area contributed by atoms with Crippen LogP contribution in [-0.4, -0.2) is 43.2 Å². The normalized spacial score (nSPS) is 11.1. The molecule has 0 radical (unpaired) electrons. The summed E-state index contributed by atoms with van der Waals surface area (Å²) in [7, 11) is 1.67. The van der Waals surface area contributed by atoms with Gasteiger partial charge < -0.3 is 25.8 Å². The van der Waals surface area contributed by atoms with Crippen LogP contribution in [0.4, 0.5) is 4.79 Å². The Hall–Kier alpha value is -2.61. The molecule has 0 bridgehead atoms. The summed E-state index contributed by atoms with van der Waals surface area (Å²) in [5, 5.41) is 5.40. The topological polar surface area (TPSA) is 120 Å². The van der Waals surface area contributed by atoms with Crippen LogP contribution in [0, 0.1) is 0 Å². The number of carbonyl (C=O) groups excluding carboxylic acids is 3. The number of alkyl carbamates (subject to hydrolysis) is 1. The van der Waals surface area contributed by atoms with Gasteiger partial charge in [-0.1, -0.05) is 64.8 Å². The van der Waals surface area contributed by atoms with Crippen molar-refractivity contribution in [3.8, 4) is 0 Å². The number of hydrogen-bond donors (Lipinski definition) is 3. The van der Waals surface area contributed by atoms with Crippen LogP contribution in [0.15, 0.2) is 24.3 Å². The van der Waals surface area contributed by atoms with Gasteiger partial charge in [0.05, 0.1) is 19.3 Å². The second-order valence-electron chi connectivity index (χ2n) is 9.27. The highest BCUT2D eigenvalue weighted by molar-refractivity contribution is 5.75. The molecule has 0 aliphatic rings. The molecule has 8 heteroatoms. The zero-order valence-corrected chi connectivity index (χ0v) is 24.6. The van der Waals surface area contributed by atoms with Crippen molar-refractivity contribution in [2.45, 2.75) is 118 Å². The maximum Gasteiger partial charge on any atom is 0.407 e. The predicted molar refractivity (Wildman–Crippen MR) is 151 cm³/mol. The molecular formula is C29H53N3O5. The quantitative estimate of drug-likeness (QED) is 0.257. The van der Waals surface area contributed by atoms with Gasteiger partial charge in [0.25, 0.3) is 0 Å². The van der Waals surface area contributed by atoms with Gasteiger partial charge in [-0.25, -0.2) is 4.79 Å². The van der Waals surface area contributed by atoms with Gasteiger partial charge >= 0.3 is 6.09 Å². The first-order chi connectivity index (χ1) is 17.6. The molecule has 214 valence electrons. The molecule has 0 saturated heterocycles. The lowest BCUT2D eigenvalue weighted by molar-refractivity contribution is -0.121. The lowest BCUT2D eigenvalue weighted by atomic mass is 10.0. The predicted octanol–water partition coefficient (Wildman–Crippen LogP) is 5.65. The van der Waals surface area contributed by atoms with Crippen molar-refractivity contribution >= 4 is 17.9 Å². The van der Waals surface area contributed by atoms with Crippen LogP contribution in [0.5, 0.6) is 0 Å². The third-order valence-corrected chi connectivity index (χ3v) is 4.97. The van der Waals surface area contributed by atoms with E-state index in [-0.39, 0.29) is 25.0 Å². The Kier molecular flexibility index (Phi) is 22.3. The molecule has 1 unspecified atom stereocenters. The Morgan fingerprint density at radius 2 is 1.46 bits per heavy atom. The molecule has 0 aromatic heterocycles. The van der Waals surface area contributed by atoms with Crippen molar-refractivity contribution in [1.29, 1.82) is 0 Å². The maximum atomic E-state index is 12.0. The van der Waals surface area contributed by atoms with E-state index in [2.05, 4.69) is 22.8 Å². The van der Waals surface area contributed by atoms with Crippen LogP contribution >= 0.6 is 0 Å². The van der Waals surface area contributed by atoms with Crippen molar-refractivity contribution in [1.82, 2.24) is 10.6 Å².